The van der Waals surface area contributed by atoms with Crippen molar-refractivity contribution < 1.29 is 49.2 Å². The lowest BCUT2D eigenvalue weighted by atomic mass is 10.1. The van der Waals surface area contributed by atoms with Crippen molar-refractivity contribution >= 4 is 35.6 Å². The second-order valence-electron chi connectivity index (χ2n) is 6.24. The number of amides is 4. The third-order valence-electron chi connectivity index (χ3n) is 3.63. The number of rotatable bonds is 13. The first-order valence-corrected chi connectivity index (χ1v) is 8.48. The summed E-state index contributed by atoms with van der Waals surface area (Å²) in [6.07, 6.45) is -3.09. The van der Waals surface area contributed by atoms with Crippen LogP contribution in [-0.4, -0.2) is 92.9 Å². The second kappa shape index (κ2) is 12.3. The number of carboxylic acids is 2. The van der Waals surface area contributed by atoms with Gasteiger partial charge in [0.25, 0.3) is 0 Å². The Kier molecular flexibility index (Phi) is 10.9. The maximum Gasteiger partial charge on any atom is 0.328 e. The van der Waals surface area contributed by atoms with Crippen LogP contribution in [0.2, 0.25) is 0 Å². The minimum absolute atomic E-state index is 0.580. The van der Waals surface area contributed by atoms with E-state index in [4.69, 9.17) is 26.8 Å². The number of carboxylic acid groups (broad SMARTS) is 2. The van der Waals surface area contributed by atoms with Crippen LogP contribution in [0.3, 0.4) is 0 Å². The molecule has 0 aliphatic rings. The molecule has 0 aliphatic heterocycles. The molecule has 5 unspecified atom stereocenters. The van der Waals surface area contributed by atoms with E-state index in [0.29, 0.717) is 0 Å². The zero-order chi connectivity index (χ0) is 23.6. The molecule has 0 aromatic heterocycles. The maximum absolute atomic E-state index is 12.4. The van der Waals surface area contributed by atoms with E-state index >= 15 is 0 Å². The quantitative estimate of drug-likeness (QED) is 0.132. The largest absolute Gasteiger partial charge is 0.481 e. The van der Waals surface area contributed by atoms with Gasteiger partial charge in [-0.1, -0.05) is 0 Å². The predicted molar refractivity (Wildman–Crippen MR) is 96.2 cm³/mol. The van der Waals surface area contributed by atoms with Crippen LogP contribution >= 0.6 is 0 Å². The number of hydrogen-bond acceptors (Lipinski definition) is 9. The highest BCUT2D eigenvalue weighted by Gasteiger charge is 2.33. The molecule has 30 heavy (non-hydrogen) atoms. The highest BCUT2D eigenvalue weighted by atomic mass is 16.4. The van der Waals surface area contributed by atoms with Crippen molar-refractivity contribution in [2.45, 2.75) is 50.0 Å². The van der Waals surface area contributed by atoms with Crippen LogP contribution in [0.25, 0.3) is 0 Å². The molecule has 0 saturated carbocycles. The fraction of sp³-hybridized carbons (Fsp3) is 0.600. The number of aliphatic hydroxyl groups excluding tert-OH is 2. The lowest BCUT2D eigenvalue weighted by Crippen LogP contribution is -2.60. The van der Waals surface area contributed by atoms with Crippen molar-refractivity contribution in [3.8, 4) is 0 Å². The Labute approximate surface area is 169 Å². The van der Waals surface area contributed by atoms with E-state index in [0.717, 1.165) is 6.92 Å². The fourth-order valence-electron chi connectivity index (χ4n) is 2.08. The Hall–Kier alpha value is -3.30. The molecule has 0 aromatic carbocycles. The van der Waals surface area contributed by atoms with Crippen molar-refractivity contribution in [1.82, 2.24) is 16.0 Å². The summed E-state index contributed by atoms with van der Waals surface area (Å²) in [5.74, 6) is -7.48. The van der Waals surface area contributed by atoms with Gasteiger partial charge in [-0.05, 0) is 6.92 Å². The molecule has 0 radical (unpaired) electrons. The average Bonchev–Trinajstić information content (AvgIpc) is 2.61. The number of primary amides is 1. The highest BCUT2D eigenvalue weighted by Crippen LogP contribution is 2.01. The molecule has 0 aromatic rings. The van der Waals surface area contributed by atoms with Crippen molar-refractivity contribution in [2.75, 3.05) is 6.61 Å². The third kappa shape index (κ3) is 9.26. The van der Waals surface area contributed by atoms with Crippen molar-refractivity contribution in [2.24, 2.45) is 11.5 Å². The van der Waals surface area contributed by atoms with Crippen LogP contribution in [0.5, 0.6) is 0 Å². The molecule has 0 rings (SSSR count). The van der Waals surface area contributed by atoms with Crippen LogP contribution in [0.4, 0.5) is 0 Å². The lowest BCUT2D eigenvalue weighted by molar-refractivity contribution is -0.144. The number of nitrogens with two attached hydrogens (primary N) is 2. The summed E-state index contributed by atoms with van der Waals surface area (Å²) >= 11 is 0. The Bertz CT molecular complexity index is 683. The van der Waals surface area contributed by atoms with E-state index in [1.807, 2.05) is 16.0 Å². The zero-order valence-electron chi connectivity index (χ0n) is 15.9. The first-order chi connectivity index (χ1) is 13.8. The highest BCUT2D eigenvalue weighted by molar-refractivity contribution is 5.96. The van der Waals surface area contributed by atoms with Crippen LogP contribution < -0.4 is 27.4 Å². The Balaban J connectivity index is 5.38. The molecule has 170 valence electrons. The van der Waals surface area contributed by atoms with Crippen molar-refractivity contribution in [3.63, 3.8) is 0 Å². The van der Waals surface area contributed by atoms with Gasteiger partial charge < -0.3 is 47.8 Å². The summed E-state index contributed by atoms with van der Waals surface area (Å²) in [5, 5.41) is 42.3. The van der Waals surface area contributed by atoms with E-state index in [-0.39, 0.29) is 0 Å². The zero-order valence-corrected chi connectivity index (χ0v) is 15.9. The molecule has 0 bridgehead atoms. The van der Waals surface area contributed by atoms with E-state index in [1.165, 1.54) is 0 Å². The molecule has 15 nitrogen and oxygen atoms in total. The molecule has 0 saturated heterocycles. The van der Waals surface area contributed by atoms with Crippen LogP contribution in [0, 0.1) is 0 Å². The molecule has 4 amide bonds. The van der Waals surface area contributed by atoms with Crippen molar-refractivity contribution in [1.29, 1.82) is 0 Å². The van der Waals surface area contributed by atoms with Gasteiger partial charge in [-0.15, -0.1) is 0 Å². The molecule has 0 spiro atoms. The molecule has 0 fully saturated rings. The topological polar surface area (TPSA) is 271 Å². The minimum atomic E-state index is -1.75. The summed E-state index contributed by atoms with van der Waals surface area (Å²) in [7, 11) is 0. The smallest absolute Gasteiger partial charge is 0.328 e. The number of aliphatic carboxylic acids is 2. The lowest BCUT2D eigenvalue weighted by Gasteiger charge is -2.25. The first-order valence-electron chi connectivity index (χ1n) is 8.48. The van der Waals surface area contributed by atoms with Crippen LogP contribution in [-0.2, 0) is 28.8 Å². The normalized spacial score (nSPS) is 15.6. The minimum Gasteiger partial charge on any atom is -0.481 e. The van der Waals surface area contributed by atoms with E-state index in [9.17, 15) is 33.9 Å². The molecule has 5 atom stereocenters. The number of nitrogens with one attached hydrogen (secondary N) is 3. The predicted octanol–water partition coefficient (Wildman–Crippen LogP) is -5.42. The average molecular weight is 435 g/mol. The summed E-state index contributed by atoms with van der Waals surface area (Å²) in [5.41, 5.74) is 10.3. The first kappa shape index (κ1) is 26.7. The van der Waals surface area contributed by atoms with Gasteiger partial charge in [-0.2, -0.15) is 0 Å². The molecule has 15 heteroatoms. The van der Waals surface area contributed by atoms with E-state index in [2.05, 4.69) is 0 Å². The molecular weight excluding hydrogens is 410 g/mol. The van der Waals surface area contributed by atoms with Crippen LogP contribution in [0.15, 0.2) is 0 Å². The summed E-state index contributed by atoms with van der Waals surface area (Å²) in [6, 6.07) is -6.70. The monoisotopic (exact) mass is 435 g/mol. The van der Waals surface area contributed by atoms with Gasteiger partial charge in [-0.3, -0.25) is 24.0 Å². The summed E-state index contributed by atoms with van der Waals surface area (Å²) < 4.78 is 0. The van der Waals surface area contributed by atoms with E-state index in [1.54, 1.807) is 0 Å². The molecule has 0 aliphatic carbocycles. The molecular formula is C15H25N5O10. The number of hydrogen-bond donors (Lipinski definition) is 9. The SMILES string of the molecule is CC(O)C(NC(=O)C(CC(=O)O)NC(=O)C(N)CC(N)=O)C(=O)NC(CO)C(=O)O. The Morgan fingerprint density at radius 3 is 1.80 bits per heavy atom. The summed E-state index contributed by atoms with van der Waals surface area (Å²) in [6.45, 7) is 0.101. The maximum atomic E-state index is 12.4. The standard InChI is InChI=1S/C15H25N5O10/c1-5(22)11(14(28)19-8(4-21)15(29)30)20-13(27)7(3-10(24)25)18-12(26)6(16)2-9(17)23/h5-8,11,21-22H,2-4,16H2,1H3,(H2,17,23)(H,18,26)(H,19,28)(H,20,27)(H,24,25)(H,29,30). The van der Waals surface area contributed by atoms with Gasteiger partial charge in [0, 0.05) is 0 Å². The number of carbonyl (C=O) groups is 6. The van der Waals surface area contributed by atoms with E-state index < -0.39 is 85.3 Å². The molecule has 0 heterocycles. The van der Waals surface area contributed by atoms with Gasteiger partial charge in [0.2, 0.25) is 23.6 Å². The van der Waals surface area contributed by atoms with Crippen molar-refractivity contribution in [3.05, 3.63) is 0 Å². The molecule has 11 N–H and O–H groups in total. The fourth-order valence-corrected chi connectivity index (χ4v) is 2.08. The number of carbonyl (C=O) groups excluding carboxylic acids is 4. The Morgan fingerprint density at radius 2 is 1.40 bits per heavy atom. The van der Waals surface area contributed by atoms with Gasteiger partial charge in [0.15, 0.2) is 0 Å². The van der Waals surface area contributed by atoms with Gasteiger partial charge in [0.05, 0.1) is 31.6 Å². The Morgan fingerprint density at radius 1 is 0.867 bits per heavy atom. The third-order valence-corrected chi connectivity index (χ3v) is 3.63. The number of aliphatic hydroxyl groups is 2. The summed E-state index contributed by atoms with van der Waals surface area (Å²) in [4.78, 5) is 69.2. The van der Waals surface area contributed by atoms with Gasteiger partial charge in [-0.25, -0.2) is 4.79 Å². The second-order valence-corrected chi connectivity index (χ2v) is 6.24. The van der Waals surface area contributed by atoms with Crippen LogP contribution in [0.1, 0.15) is 19.8 Å². The van der Waals surface area contributed by atoms with Gasteiger partial charge >= 0.3 is 11.9 Å². The van der Waals surface area contributed by atoms with Gasteiger partial charge in [0.1, 0.15) is 18.1 Å².